The largest absolute Gasteiger partial charge is 0.462 e. The summed E-state index contributed by atoms with van der Waals surface area (Å²) in [6, 6.07) is 0. The van der Waals surface area contributed by atoms with E-state index in [9.17, 15) is 4.79 Å². The normalized spacial score (nSPS) is 31.7. The first kappa shape index (κ1) is 42.9. The lowest BCUT2D eigenvalue weighted by molar-refractivity contribution is -0.151. The monoisotopic (exact) mass is 715 g/mol. The molecular weight excluding hydrogens is 633 g/mol. The predicted octanol–water partition coefficient (Wildman–Crippen LogP) is 15.1. The molecule has 52 heavy (non-hydrogen) atoms. The van der Waals surface area contributed by atoms with E-state index in [1.807, 2.05) is 0 Å². The maximum absolute atomic E-state index is 12.9. The fourth-order valence-electron chi connectivity index (χ4n) is 11.1. The van der Waals surface area contributed by atoms with Crippen molar-refractivity contribution in [2.45, 2.75) is 196 Å². The molecule has 4 aliphatic carbocycles. The van der Waals surface area contributed by atoms with Crippen molar-refractivity contribution in [1.82, 2.24) is 0 Å². The molecule has 3 fully saturated rings. The third-order valence-electron chi connectivity index (χ3n) is 14.9. The molecule has 0 bridgehead atoms. The molecule has 0 aromatic carbocycles. The summed E-state index contributed by atoms with van der Waals surface area (Å²) in [6.45, 7) is 17.1. The first-order valence-electron chi connectivity index (χ1n) is 22.6. The third-order valence-corrected chi connectivity index (χ3v) is 14.9. The van der Waals surface area contributed by atoms with E-state index in [4.69, 9.17) is 4.74 Å². The molecule has 0 aliphatic heterocycles. The second-order valence-corrected chi connectivity index (χ2v) is 18.7. The van der Waals surface area contributed by atoms with Gasteiger partial charge in [0.25, 0.3) is 0 Å². The van der Waals surface area contributed by atoms with Gasteiger partial charge in [-0.1, -0.05) is 147 Å². The van der Waals surface area contributed by atoms with E-state index < -0.39 is 0 Å². The van der Waals surface area contributed by atoms with Crippen LogP contribution in [0.5, 0.6) is 0 Å². The Kier molecular flexibility index (Phi) is 18.1. The number of rotatable bonds is 22. The number of hydrogen-bond donors (Lipinski definition) is 0. The second kappa shape index (κ2) is 21.9. The van der Waals surface area contributed by atoms with Crippen LogP contribution < -0.4 is 0 Å². The summed E-state index contributed by atoms with van der Waals surface area (Å²) in [5.74, 6) is 5.43. The van der Waals surface area contributed by atoms with Gasteiger partial charge in [0.2, 0.25) is 0 Å². The van der Waals surface area contributed by atoms with E-state index in [-0.39, 0.29) is 12.1 Å². The maximum Gasteiger partial charge on any atom is 0.306 e. The zero-order valence-corrected chi connectivity index (χ0v) is 35.2. The van der Waals surface area contributed by atoms with Gasteiger partial charge in [-0.05, 0) is 142 Å². The van der Waals surface area contributed by atoms with Crippen molar-refractivity contribution in [3.05, 3.63) is 60.3 Å². The number of carbonyl (C=O) groups is 1. The Labute approximate surface area is 322 Å². The van der Waals surface area contributed by atoms with Crippen LogP contribution in [0.25, 0.3) is 0 Å². The van der Waals surface area contributed by atoms with Crippen LogP contribution in [0.3, 0.4) is 0 Å². The van der Waals surface area contributed by atoms with Gasteiger partial charge in [-0.15, -0.1) is 0 Å². The molecule has 0 aromatic rings. The van der Waals surface area contributed by atoms with Gasteiger partial charge in [0.15, 0.2) is 0 Å². The molecule has 0 heterocycles. The highest BCUT2D eigenvalue weighted by atomic mass is 16.5. The van der Waals surface area contributed by atoms with Gasteiger partial charge < -0.3 is 4.74 Å². The molecule has 0 spiro atoms. The summed E-state index contributed by atoms with van der Waals surface area (Å²) in [7, 11) is 0. The Morgan fingerprint density at radius 2 is 1.42 bits per heavy atom. The molecule has 9 unspecified atom stereocenters. The number of esters is 1. The van der Waals surface area contributed by atoms with Gasteiger partial charge in [-0.2, -0.15) is 0 Å². The summed E-state index contributed by atoms with van der Waals surface area (Å²) in [6.07, 6.45) is 48.1. The standard InChI is InChI=1S/C50H82O2/c1-8-9-10-11-12-13-14-15-16-17-18-19-20-21-22-23-24-25-26-27-48(51)52-43-34-36-49(6)42(38-43)30-31-44-46-33-32-45(50(46,7)37-35-47(44)49)41(5)29-28-40(4)39(2)3/h12-13,15-16,18-19,28-30,39-41,43-47H,8-11,14,17,20-27,31-38H2,1-7H3/b13-12-,16-15-,19-18-,29-28+. The molecule has 9 atom stereocenters. The Bertz CT molecular complexity index is 1200. The van der Waals surface area contributed by atoms with Gasteiger partial charge in [-0.25, -0.2) is 0 Å². The van der Waals surface area contributed by atoms with E-state index in [2.05, 4.69) is 103 Å². The van der Waals surface area contributed by atoms with Gasteiger partial charge in [0.1, 0.15) is 6.10 Å². The first-order valence-corrected chi connectivity index (χ1v) is 22.6. The number of allylic oxidation sites excluding steroid dienone is 9. The summed E-state index contributed by atoms with van der Waals surface area (Å²) >= 11 is 0. The Balaban J connectivity index is 1.08. The molecule has 4 aliphatic rings. The Hall–Kier alpha value is -1.83. The van der Waals surface area contributed by atoms with Crippen LogP contribution in [-0.4, -0.2) is 12.1 Å². The summed E-state index contributed by atoms with van der Waals surface area (Å²) in [5.41, 5.74) is 2.42. The van der Waals surface area contributed by atoms with Gasteiger partial charge in [0.05, 0.1) is 0 Å². The smallest absolute Gasteiger partial charge is 0.306 e. The number of ether oxygens (including phenoxy) is 1. The summed E-state index contributed by atoms with van der Waals surface area (Å²) in [4.78, 5) is 12.9. The van der Waals surface area contributed by atoms with E-state index in [1.165, 1.54) is 96.3 Å². The molecule has 0 aromatic heterocycles. The van der Waals surface area contributed by atoms with Crippen molar-refractivity contribution in [3.8, 4) is 0 Å². The fraction of sp³-hybridized carbons (Fsp3) is 0.780. The van der Waals surface area contributed by atoms with E-state index >= 15 is 0 Å². The first-order chi connectivity index (χ1) is 25.1. The quantitative estimate of drug-likeness (QED) is 0.0634. The molecular formula is C50H82O2. The lowest BCUT2D eigenvalue weighted by Gasteiger charge is -2.58. The molecule has 3 saturated carbocycles. The van der Waals surface area contributed by atoms with Crippen LogP contribution in [0, 0.1) is 52.3 Å². The molecule has 0 N–H and O–H groups in total. The molecule has 294 valence electrons. The van der Waals surface area contributed by atoms with Crippen LogP contribution in [0.15, 0.2) is 60.3 Å². The van der Waals surface area contributed by atoms with Crippen LogP contribution in [0.1, 0.15) is 190 Å². The third kappa shape index (κ3) is 12.1. The molecule has 4 rings (SSSR count). The van der Waals surface area contributed by atoms with Crippen molar-refractivity contribution in [3.63, 3.8) is 0 Å². The summed E-state index contributed by atoms with van der Waals surface area (Å²) in [5, 5.41) is 0. The van der Waals surface area contributed by atoms with Crippen molar-refractivity contribution in [2.75, 3.05) is 0 Å². The van der Waals surface area contributed by atoms with Crippen LogP contribution >= 0.6 is 0 Å². The molecule has 0 amide bonds. The van der Waals surface area contributed by atoms with Crippen molar-refractivity contribution < 1.29 is 9.53 Å². The van der Waals surface area contributed by atoms with Crippen molar-refractivity contribution in [2.24, 2.45) is 52.3 Å². The lowest BCUT2D eigenvalue weighted by Crippen LogP contribution is -2.51. The topological polar surface area (TPSA) is 26.3 Å². The average molecular weight is 715 g/mol. The van der Waals surface area contributed by atoms with Gasteiger partial charge >= 0.3 is 5.97 Å². The highest BCUT2D eigenvalue weighted by Crippen LogP contribution is 2.67. The van der Waals surface area contributed by atoms with E-state index in [0.717, 1.165) is 62.2 Å². The minimum Gasteiger partial charge on any atom is -0.462 e. The molecule has 2 nitrogen and oxygen atoms in total. The zero-order valence-electron chi connectivity index (χ0n) is 35.2. The average Bonchev–Trinajstić information content (AvgIpc) is 3.48. The van der Waals surface area contributed by atoms with Gasteiger partial charge in [-0.3, -0.25) is 4.79 Å². The molecule has 0 saturated heterocycles. The minimum absolute atomic E-state index is 0.0430. The Morgan fingerprint density at radius 1 is 0.769 bits per heavy atom. The highest BCUT2D eigenvalue weighted by Gasteiger charge is 2.59. The van der Waals surface area contributed by atoms with Crippen LogP contribution in [0.2, 0.25) is 0 Å². The zero-order chi connectivity index (χ0) is 37.4. The van der Waals surface area contributed by atoms with Crippen LogP contribution in [-0.2, 0) is 9.53 Å². The predicted molar refractivity (Wildman–Crippen MR) is 225 cm³/mol. The van der Waals surface area contributed by atoms with Crippen molar-refractivity contribution in [1.29, 1.82) is 0 Å². The number of hydrogen-bond acceptors (Lipinski definition) is 2. The SMILES string of the molecule is CCCCC/C=C\C/C=C\C/C=C\CCCCCCCCC(=O)OC1CCC2(C)C(=CCC3C2CCC2(C)C(C(C)/C=C/C(C)C(C)C)CCC32)C1. The molecule has 2 heteroatoms. The minimum atomic E-state index is 0.0430. The fourth-order valence-corrected chi connectivity index (χ4v) is 11.1. The van der Waals surface area contributed by atoms with Gasteiger partial charge in [0, 0.05) is 12.8 Å². The number of unbranched alkanes of at least 4 members (excludes halogenated alkanes) is 9. The number of fused-ring (bicyclic) bond motifs is 5. The lowest BCUT2D eigenvalue weighted by atomic mass is 9.47. The van der Waals surface area contributed by atoms with E-state index in [0.29, 0.717) is 35.0 Å². The maximum atomic E-state index is 12.9. The van der Waals surface area contributed by atoms with Crippen LogP contribution in [0.4, 0.5) is 0 Å². The number of carbonyl (C=O) groups excluding carboxylic acids is 1. The molecule has 0 radical (unpaired) electrons. The van der Waals surface area contributed by atoms with E-state index in [1.54, 1.807) is 5.57 Å². The summed E-state index contributed by atoms with van der Waals surface area (Å²) < 4.78 is 6.14. The Morgan fingerprint density at radius 3 is 2.12 bits per heavy atom. The highest BCUT2D eigenvalue weighted by molar-refractivity contribution is 5.69. The second-order valence-electron chi connectivity index (χ2n) is 18.7. The van der Waals surface area contributed by atoms with Crippen molar-refractivity contribution >= 4 is 5.97 Å².